The van der Waals surface area contributed by atoms with Gasteiger partial charge in [-0.2, -0.15) is 0 Å². The van der Waals surface area contributed by atoms with Crippen molar-refractivity contribution >= 4 is 23.2 Å². The van der Waals surface area contributed by atoms with Crippen molar-refractivity contribution in [1.29, 1.82) is 0 Å². The highest BCUT2D eigenvalue weighted by Crippen LogP contribution is 2.35. The molecule has 0 aliphatic carbocycles. The van der Waals surface area contributed by atoms with Gasteiger partial charge in [-0.1, -0.05) is 43.1 Å². The summed E-state index contributed by atoms with van der Waals surface area (Å²) in [6.45, 7) is 5.25. The van der Waals surface area contributed by atoms with Crippen LogP contribution in [0.1, 0.15) is 25.3 Å². The summed E-state index contributed by atoms with van der Waals surface area (Å²) in [6, 6.07) is 5.67. The highest BCUT2D eigenvalue weighted by Gasteiger charge is 2.20. The Kier molecular flexibility index (Phi) is 4.91. The molecule has 1 unspecified atom stereocenters. The Morgan fingerprint density at radius 2 is 1.73 bits per heavy atom. The normalized spacial score (nSPS) is 13.2. The van der Waals surface area contributed by atoms with E-state index in [0.29, 0.717) is 11.8 Å². The molecule has 0 heterocycles. The van der Waals surface area contributed by atoms with E-state index < -0.39 is 0 Å². The van der Waals surface area contributed by atoms with Crippen molar-refractivity contribution in [3.05, 3.63) is 33.8 Å². The highest BCUT2D eigenvalue weighted by atomic mass is 35.5. The molecule has 0 saturated heterocycles. The lowest BCUT2D eigenvalue weighted by Gasteiger charge is -2.23. The summed E-state index contributed by atoms with van der Waals surface area (Å²) < 4.78 is 0. The van der Waals surface area contributed by atoms with E-state index in [9.17, 15) is 0 Å². The second-order valence-electron chi connectivity index (χ2n) is 4.04. The van der Waals surface area contributed by atoms with E-state index >= 15 is 0 Å². The average Bonchev–Trinajstić information content (AvgIpc) is 2.15. The van der Waals surface area contributed by atoms with Crippen LogP contribution in [0.15, 0.2) is 18.2 Å². The number of hydrogen-bond acceptors (Lipinski definition) is 1. The molecule has 1 nitrogen and oxygen atoms in total. The van der Waals surface area contributed by atoms with E-state index in [0.717, 1.165) is 22.2 Å². The minimum Gasteiger partial charge on any atom is -0.319 e. The van der Waals surface area contributed by atoms with Gasteiger partial charge in [0.2, 0.25) is 0 Å². The van der Waals surface area contributed by atoms with Gasteiger partial charge < -0.3 is 5.32 Å². The van der Waals surface area contributed by atoms with Gasteiger partial charge in [-0.05, 0) is 30.7 Å². The van der Waals surface area contributed by atoms with Gasteiger partial charge in [-0.3, -0.25) is 0 Å². The van der Waals surface area contributed by atoms with E-state index in [1.54, 1.807) is 0 Å². The molecule has 15 heavy (non-hydrogen) atoms. The number of benzene rings is 1. The zero-order valence-corrected chi connectivity index (χ0v) is 10.9. The van der Waals surface area contributed by atoms with Gasteiger partial charge in [0.1, 0.15) is 0 Å². The third-order valence-corrected chi connectivity index (χ3v) is 3.26. The van der Waals surface area contributed by atoms with Crippen LogP contribution in [0.5, 0.6) is 0 Å². The molecule has 84 valence electrons. The summed E-state index contributed by atoms with van der Waals surface area (Å²) >= 11 is 12.4. The maximum absolute atomic E-state index is 6.19. The monoisotopic (exact) mass is 245 g/mol. The summed E-state index contributed by atoms with van der Waals surface area (Å²) in [5.41, 5.74) is 1.06. The molecule has 3 heteroatoms. The van der Waals surface area contributed by atoms with Gasteiger partial charge >= 0.3 is 0 Å². The Morgan fingerprint density at radius 3 is 2.13 bits per heavy atom. The standard InChI is InChI=1S/C12H17Cl2N/c1-8(2)9(7-15-3)12-10(13)5-4-6-11(12)14/h4-6,8-9,15H,7H2,1-3H3. The fourth-order valence-corrected chi connectivity index (χ4v) is 2.43. The predicted octanol–water partition coefficient (Wildman–Crippen LogP) is 3.95. The first-order valence-corrected chi connectivity index (χ1v) is 5.92. The molecule has 0 aromatic heterocycles. The average molecular weight is 246 g/mol. The molecule has 0 aliphatic heterocycles. The molecular formula is C12H17Cl2N. The van der Waals surface area contributed by atoms with E-state index in [1.807, 2.05) is 25.2 Å². The Bertz CT molecular complexity index is 303. The van der Waals surface area contributed by atoms with Crippen LogP contribution in [-0.4, -0.2) is 13.6 Å². The van der Waals surface area contributed by atoms with Gasteiger partial charge in [0.25, 0.3) is 0 Å². The van der Waals surface area contributed by atoms with Crippen molar-refractivity contribution in [1.82, 2.24) is 5.32 Å². The maximum atomic E-state index is 6.19. The van der Waals surface area contributed by atoms with Gasteiger partial charge in [0.15, 0.2) is 0 Å². The van der Waals surface area contributed by atoms with Crippen molar-refractivity contribution in [3.63, 3.8) is 0 Å². The summed E-state index contributed by atoms with van der Waals surface area (Å²) in [6.07, 6.45) is 0. The predicted molar refractivity (Wildman–Crippen MR) is 68.0 cm³/mol. The lowest BCUT2D eigenvalue weighted by Crippen LogP contribution is -2.22. The van der Waals surface area contributed by atoms with E-state index in [1.165, 1.54) is 0 Å². The number of halogens is 2. The maximum Gasteiger partial charge on any atom is 0.0456 e. The highest BCUT2D eigenvalue weighted by molar-refractivity contribution is 6.36. The summed E-state index contributed by atoms with van der Waals surface area (Å²) in [7, 11) is 1.94. The summed E-state index contributed by atoms with van der Waals surface area (Å²) in [5, 5.41) is 4.71. The van der Waals surface area contributed by atoms with E-state index in [2.05, 4.69) is 19.2 Å². The smallest absolute Gasteiger partial charge is 0.0456 e. The Labute approximate surface area is 102 Å². The van der Waals surface area contributed by atoms with Gasteiger partial charge in [0.05, 0.1) is 0 Å². The first kappa shape index (κ1) is 12.8. The fraction of sp³-hybridized carbons (Fsp3) is 0.500. The molecule has 1 aromatic rings. The molecule has 0 spiro atoms. The van der Waals surface area contributed by atoms with Crippen LogP contribution in [0.2, 0.25) is 10.0 Å². The van der Waals surface area contributed by atoms with Crippen molar-refractivity contribution in [3.8, 4) is 0 Å². The fourth-order valence-electron chi connectivity index (χ4n) is 1.76. The molecule has 0 aliphatic rings. The van der Waals surface area contributed by atoms with Crippen LogP contribution in [-0.2, 0) is 0 Å². The molecule has 1 N–H and O–H groups in total. The van der Waals surface area contributed by atoms with Crippen LogP contribution in [0.25, 0.3) is 0 Å². The van der Waals surface area contributed by atoms with Crippen LogP contribution >= 0.6 is 23.2 Å². The molecule has 0 bridgehead atoms. The molecule has 1 atom stereocenters. The van der Waals surface area contributed by atoms with Crippen molar-refractivity contribution in [2.24, 2.45) is 5.92 Å². The third kappa shape index (κ3) is 3.10. The number of nitrogens with one attached hydrogen (secondary N) is 1. The van der Waals surface area contributed by atoms with Gasteiger partial charge in [-0.25, -0.2) is 0 Å². The van der Waals surface area contributed by atoms with Gasteiger partial charge in [0, 0.05) is 22.5 Å². The van der Waals surface area contributed by atoms with Crippen LogP contribution in [0, 0.1) is 5.92 Å². The number of likely N-dealkylation sites (N-methyl/N-ethyl adjacent to an activating group) is 1. The van der Waals surface area contributed by atoms with Crippen LogP contribution in [0.4, 0.5) is 0 Å². The SMILES string of the molecule is CNCC(c1c(Cl)cccc1Cl)C(C)C. The lowest BCUT2D eigenvalue weighted by molar-refractivity contribution is 0.478. The van der Waals surface area contributed by atoms with E-state index in [-0.39, 0.29) is 0 Å². The zero-order chi connectivity index (χ0) is 11.4. The largest absolute Gasteiger partial charge is 0.319 e. The Hall–Kier alpha value is -0.240. The molecule has 0 saturated carbocycles. The molecular weight excluding hydrogens is 229 g/mol. The quantitative estimate of drug-likeness (QED) is 0.848. The van der Waals surface area contributed by atoms with Crippen LogP contribution in [0.3, 0.4) is 0 Å². The number of hydrogen-bond donors (Lipinski definition) is 1. The van der Waals surface area contributed by atoms with Crippen molar-refractivity contribution < 1.29 is 0 Å². The minimum absolute atomic E-state index is 0.358. The van der Waals surface area contributed by atoms with Gasteiger partial charge in [-0.15, -0.1) is 0 Å². The molecule has 1 aromatic carbocycles. The Balaban J connectivity index is 3.10. The number of rotatable bonds is 4. The first-order chi connectivity index (χ1) is 7.07. The molecule has 0 fully saturated rings. The zero-order valence-electron chi connectivity index (χ0n) is 9.35. The summed E-state index contributed by atoms with van der Waals surface area (Å²) in [4.78, 5) is 0. The van der Waals surface area contributed by atoms with E-state index in [4.69, 9.17) is 23.2 Å². The topological polar surface area (TPSA) is 12.0 Å². The van der Waals surface area contributed by atoms with Crippen LogP contribution < -0.4 is 5.32 Å². The second kappa shape index (κ2) is 5.74. The molecule has 0 radical (unpaired) electrons. The van der Waals surface area contributed by atoms with Crippen molar-refractivity contribution in [2.75, 3.05) is 13.6 Å². The first-order valence-electron chi connectivity index (χ1n) is 5.16. The van der Waals surface area contributed by atoms with Crippen molar-refractivity contribution in [2.45, 2.75) is 19.8 Å². The second-order valence-corrected chi connectivity index (χ2v) is 4.86. The molecule has 0 amide bonds. The molecule has 1 rings (SSSR count). The minimum atomic E-state index is 0.358. The summed E-state index contributed by atoms with van der Waals surface area (Å²) in [5.74, 6) is 0.867. The third-order valence-electron chi connectivity index (χ3n) is 2.60. The lowest BCUT2D eigenvalue weighted by atomic mass is 9.88. The Morgan fingerprint density at radius 1 is 1.20 bits per heavy atom.